The third-order valence-corrected chi connectivity index (χ3v) is 6.75. The first-order valence-corrected chi connectivity index (χ1v) is 12.6. The van der Waals surface area contributed by atoms with Crippen molar-refractivity contribution >= 4 is 35.4 Å². The van der Waals surface area contributed by atoms with Crippen LogP contribution in [0.5, 0.6) is 0 Å². The van der Waals surface area contributed by atoms with E-state index in [1.165, 1.54) is 11.8 Å². The number of carbonyl (C=O) groups is 3. The minimum Gasteiger partial charge on any atom is -0.368 e. The van der Waals surface area contributed by atoms with Gasteiger partial charge in [-0.3, -0.25) is 14.4 Å². The van der Waals surface area contributed by atoms with Gasteiger partial charge < -0.3 is 27.4 Å². The van der Waals surface area contributed by atoms with Crippen molar-refractivity contribution in [2.75, 3.05) is 24.6 Å². The molecule has 10 nitrogen and oxygen atoms in total. The Balaban J connectivity index is 1.91. The maximum atomic E-state index is 13.0. The summed E-state index contributed by atoms with van der Waals surface area (Å²) in [7, 11) is 0. The highest BCUT2D eigenvalue weighted by Gasteiger charge is 2.25. The number of benzene rings is 1. The molecule has 2 atom stereocenters. The molecule has 3 amide bonds. The van der Waals surface area contributed by atoms with Crippen molar-refractivity contribution in [3.63, 3.8) is 0 Å². The topological polar surface area (TPSA) is 165 Å². The quantitative estimate of drug-likeness (QED) is 0.392. The Bertz CT molecular complexity index is 1120. The number of nitrogens with one attached hydrogen (secondary N) is 3. The Morgan fingerprint density at radius 2 is 1.80 bits per heavy atom. The van der Waals surface area contributed by atoms with Crippen molar-refractivity contribution in [2.45, 2.75) is 51.2 Å². The summed E-state index contributed by atoms with van der Waals surface area (Å²) in [6.45, 7) is 8.04. The van der Waals surface area contributed by atoms with Crippen LogP contribution in [0.25, 0.3) is 11.3 Å². The molecule has 1 aromatic carbocycles. The average molecular weight is 500 g/mol. The van der Waals surface area contributed by atoms with Crippen LogP contribution in [0.3, 0.4) is 0 Å². The van der Waals surface area contributed by atoms with Crippen molar-refractivity contribution in [1.29, 1.82) is 0 Å². The molecule has 1 aliphatic rings. The summed E-state index contributed by atoms with van der Waals surface area (Å²) in [5.74, 6) is -0.430. The summed E-state index contributed by atoms with van der Waals surface area (Å²) < 4.78 is 0. The van der Waals surface area contributed by atoms with Crippen molar-refractivity contribution in [3.8, 4) is 11.3 Å². The molecule has 2 heterocycles. The molecule has 1 aromatic heterocycles. The van der Waals surface area contributed by atoms with E-state index in [0.717, 1.165) is 16.7 Å². The van der Waals surface area contributed by atoms with Gasteiger partial charge in [0.1, 0.15) is 11.1 Å². The number of nitrogens with two attached hydrogens (primary N) is 2. The maximum absolute atomic E-state index is 13.0. The van der Waals surface area contributed by atoms with E-state index >= 15 is 0 Å². The van der Waals surface area contributed by atoms with E-state index in [0.29, 0.717) is 28.6 Å². The van der Waals surface area contributed by atoms with Gasteiger partial charge in [-0.05, 0) is 49.4 Å². The zero-order chi connectivity index (χ0) is 25.7. The number of aromatic nitrogens is 2. The number of rotatable bonds is 3. The number of carbonyl (C=O) groups excluding carboxylic acids is 3. The van der Waals surface area contributed by atoms with Crippen LogP contribution >= 0.6 is 11.8 Å². The van der Waals surface area contributed by atoms with E-state index in [9.17, 15) is 14.4 Å². The van der Waals surface area contributed by atoms with Gasteiger partial charge in [-0.15, -0.1) is 11.8 Å². The number of nitrogens with zero attached hydrogens (tertiary/aromatic N) is 2. The molecule has 35 heavy (non-hydrogen) atoms. The highest BCUT2D eigenvalue weighted by Crippen LogP contribution is 2.28. The maximum Gasteiger partial charge on any atom is 0.251 e. The summed E-state index contributed by atoms with van der Waals surface area (Å²) in [6.07, 6.45) is 0.220. The number of hydrogen-bond acceptors (Lipinski definition) is 8. The Kier molecular flexibility index (Phi) is 8.68. The molecule has 0 aliphatic carbocycles. The number of anilines is 1. The SMILES string of the molecule is Cc1cc(C)c2cc1C(=O)NCCC(NC(=O)[C@H](N)C(C)C)C(=O)NCCSc1cc-2nc(N)n1. The van der Waals surface area contributed by atoms with E-state index in [2.05, 4.69) is 25.9 Å². The van der Waals surface area contributed by atoms with Gasteiger partial charge >= 0.3 is 0 Å². The van der Waals surface area contributed by atoms with Crippen LogP contribution in [0.4, 0.5) is 5.95 Å². The minimum absolute atomic E-state index is 0.0794. The molecule has 4 bridgehead atoms. The lowest BCUT2D eigenvalue weighted by molar-refractivity contribution is -0.130. The molecule has 3 rings (SSSR count). The molecule has 2 aromatic rings. The second kappa shape index (κ2) is 11.5. The highest BCUT2D eigenvalue weighted by atomic mass is 32.2. The van der Waals surface area contributed by atoms with Gasteiger partial charge in [0.2, 0.25) is 17.8 Å². The monoisotopic (exact) mass is 499 g/mol. The van der Waals surface area contributed by atoms with Gasteiger partial charge in [-0.1, -0.05) is 19.9 Å². The number of nitrogen functional groups attached to an aromatic ring is 1. The fourth-order valence-corrected chi connectivity index (χ4v) is 4.51. The molecular formula is C24H33N7O3S. The Hall–Kier alpha value is -3.18. The fourth-order valence-electron chi connectivity index (χ4n) is 3.75. The molecule has 0 saturated carbocycles. The number of aryl methyl sites for hydroxylation is 2. The van der Waals surface area contributed by atoms with E-state index < -0.39 is 18.0 Å². The lowest BCUT2D eigenvalue weighted by Gasteiger charge is -2.22. The lowest BCUT2D eigenvalue weighted by Crippen LogP contribution is -2.54. The number of fused-ring (bicyclic) bond motifs is 5. The van der Waals surface area contributed by atoms with Crippen molar-refractivity contribution < 1.29 is 14.4 Å². The molecule has 0 spiro atoms. The summed E-state index contributed by atoms with van der Waals surface area (Å²) in [5.41, 5.74) is 15.6. The second-order valence-corrected chi connectivity index (χ2v) is 10.1. The van der Waals surface area contributed by atoms with Crippen molar-refractivity contribution in [3.05, 3.63) is 34.9 Å². The van der Waals surface area contributed by atoms with Gasteiger partial charge in [-0.25, -0.2) is 9.97 Å². The van der Waals surface area contributed by atoms with E-state index in [1.54, 1.807) is 6.07 Å². The lowest BCUT2D eigenvalue weighted by atomic mass is 9.97. The number of hydrogen-bond donors (Lipinski definition) is 5. The van der Waals surface area contributed by atoms with Crippen LogP contribution in [-0.2, 0) is 9.59 Å². The van der Waals surface area contributed by atoms with E-state index in [1.807, 2.05) is 39.8 Å². The van der Waals surface area contributed by atoms with E-state index in [4.69, 9.17) is 11.5 Å². The van der Waals surface area contributed by atoms with Crippen LogP contribution < -0.4 is 27.4 Å². The second-order valence-electron chi connectivity index (χ2n) is 8.95. The van der Waals surface area contributed by atoms with Gasteiger partial charge in [-0.2, -0.15) is 0 Å². The minimum atomic E-state index is -0.832. The Morgan fingerprint density at radius 1 is 1.09 bits per heavy atom. The van der Waals surface area contributed by atoms with Gasteiger partial charge in [0, 0.05) is 30.0 Å². The Morgan fingerprint density at radius 3 is 2.51 bits per heavy atom. The molecular weight excluding hydrogens is 466 g/mol. The van der Waals surface area contributed by atoms with Crippen LogP contribution in [-0.4, -0.2) is 58.6 Å². The zero-order valence-corrected chi connectivity index (χ0v) is 21.3. The Labute approximate surface area is 209 Å². The molecule has 0 fully saturated rings. The molecule has 0 radical (unpaired) electrons. The van der Waals surface area contributed by atoms with Crippen LogP contribution in [0.1, 0.15) is 41.8 Å². The molecule has 1 unspecified atom stereocenters. The molecule has 11 heteroatoms. The van der Waals surface area contributed by atoms with Crippen LogP contribution in [0, 0.1) is 19.8 Å². The predicted octanol–water partition coefficient (Wildman–Crippen LogP) is 1.15. The predicted molar refractivity (Wildman–Crippen MR) is 137 cm³/mol. The summed E-state index contributed by atoms with van der Waals surface area (Å²) in [6, 6.07) is 3.99. The third kappa shape index (κ3) is 6.70. The summed E-state index contributed by atoms with van der Waals surface area (Å²) in [5, 5.41) is 9.10. The van der Waals surface area contributed by atoms with Gasteiger partial charge in [0.15, 0.2) is 0 Å². The third-order valence-electron chi connectivity index (χ3n) is 5.84. The first-order valence-electron chi connectivity index (χ1n) is 11.6. The molecule has 7 N–H and O–H groups in total. The van der Waals surface area contributed by atoms with Crippen molar-refractivity contribution in [2.24, 2.45) is 11.7 Å². The first-order chi connectivity index (χ1) is 16.6. The molecule has 0 saturated heterocycles. The summed E-state index contributed by atoms with van der Waals surface area (Å²) >= 11 is 1.43. The van der Waals surface area contributed by atoms with Gasteiger partial charge in [0.05, 0.1) is 11.7 Å². The van der Waals surface area contributed by atoms with Crippen LogP contribution in [0.2, 0.25) is 0 Å². The number of thioether (sulfide) groups is 1. The first kappa shape index (κ1) is 26.4. The number of amides is 3. The smallest absolute Gasteiger partial charge is 0.251 e. The molecule has 1 aliphatic heterocycles. The van der Waals surface area contributed by atoms with Gasteiger partial charge in [0.25, 0.3) is 5.91 Å². The summed E-state index contributed by atoms with van der Waals surface area (Å²) in [4.78, 5) is 47.0. The van der Waals surface area contributed by atoms with E-state index in [-0.39, 0.29) is 36.6 Å². The normalized spacial score (nSPS) is 17.9. The largest absolute Gasteiger partial charge is 0.368 e. The average Bonchev–Trinajstić information content (AvgIpc) is 2.79. The van der Waals surface area contributed by atoms with Crippen molar-refractivity contribution in [1.82, 2.24) is 25.9 Å². The zero-order valence-electron chi connectivity index (χ0n) is 20.5. The fraction of sp³-hybridized carbons (Fsp3) is 0.458. The van der Waals surface area contributed by atoms with Crippen LogP contribution in [0.15, 0.2) is 23.2 Å². The highest BCUT2D eigenvalue weighted by molar-refractivity contribution is 7.99. The standard InChI is InChI=1S/C24H33N7O3S/c1-12(2)20(25)23(34)29-17-5-6-27-21(32)16-10-15(13(3)9-14(16)4)18-11-19(31-24(26)30-18)35-8-7-28-22(17)33/h9-12,17,20H,5-8,25H2,1-4H3,(H,27,32)(H,28,33)(H,29,34)(H2,26,30,31)/t17?,20-/m1/s1. The molecule has 188 valence electrons.